The van der Waals surface area contributed by atoms with Crippen LogP contribution in [-0.2, 0) is 4.79 Å². The number of hydrogen-bond acceptors (Lipinski definition) is 3. The number of nitrogens with zero attached hydrogens (tertiary/aromatic N) is 2. The summed E-state index contributed by atoms with van der Waals surface area (Å²) in [7, 11) is 0. The van der Waals surface area contributed by atoms with Crippen molar-refractivity contribution in [1.82, 2.24) is 10.2 Å². The van der Waals surface area contributed by atoms with Gasteiger partial charge in [-0.05, 0) is 37.6 Å². The molecule has 0 spiro atoms. The second-order valence-electron chi connectivity index (χ2n) is 5.95. The van der Waals surface area contributed by atoms with E-state index >= 15 is 0 Å². The number of carbonyl (C=O) groups is 2. The Kier molecular flexibility index (Phi) is 5.84. The van der Waals surface area contributed by atoms with Gasteiger partial charge in [-0.25, -0.2) is 4.79 Å². The Balaban J connectivity index is 1.87. The number of nitrogens with one attached hydrogen (secondary N) is 2. The first-order valence-electron chi connectivity index (χ1n) is 8.17. The van der Waals surface area contributed by atoms with Crippen LogP contribution < -0.4 is 15.5 Å². The Morgan fingerprint density at radius 3 is 2.26 bits per heavy atom. The van der Waals surface area contributed by atoms with E-state index in [1.54, 1.807) is 6.92 Å². The first kappa shape index (κ1) is 17.1. The highest BCUT2D eigenvalue weighted by Gasteiger charge is 2.18. The number of carbonyl (C=O) groups excluding carboxylic acids is 2. The van der Waals surface area contributed by atoms with Gasteiger partial charge in [0.25, 0.3) is 0 Å². The fraction of sp³-hybridized carbons (Fsp3) is 0.529. The topological polar surface area (TPSA) is 64.7 Å². The number of anilines is 2. The van der Waals surface area contributed by atoms with Gasteiger partial charge in [0.05, 0.1) is 0 Å². The van der Waals surface area contributed by atoms with Gasteiger partial charge < -0.3 is 20.4 Å². The van der Waals surface area contributed by atoms with Crippen LogP contribution in [0.5, 0.6) is 0 Å². The molecule has 2 N–H and O–H groups in total. The molecule has 1 aromatic carbocycles. The average molecular weight is 318 g/mol. The van der Waals surface area contributed by atoms with Crippen LogP contribution in [0.2, 0.25) is 0 Å². The van der Waals surface area contributed by atoms with E-state index in [-0.39, 0.29) is 18.0 Å². The molecule has 0 bridgehead atoms. The summed E-state index contributed by atoms with van der Waals surface area (Å²) in [5.41, 5.74) is 1.89. The Labute approximate surface area is 137 Å². The van der Waals surface area contributed by atoms with Gasteiger partial charge in [0, 0.05) is 50.5 Å². The molecular formula is C17H26N4O2. The summed E-state index contributed by atoms with van der Waals surface area (Å²) in [5.74, 6) is 0.136. The number of benzene rings is 1. The van der Waals surface area contributed by atoms with Crippen LogP contribution in [0.1, 0.15) is 27.2 Å². The molecule has 1 aliphatic heterocycles. The van der Waals surface area contributed by atoms with Crippen molar-refractivity contribution in [2.45, 2.75) is 33.2 Å². The number of urea groups is 1. The zero-order valence-corrected chi connectivity index (χ0v) is 14.1. The van der Waals surface area contributed by atoms with Crippen LogP contribution in [0.25, 0.3) is 0 Å². The van der Waals surface area contributed by atoms with Crippen molar-refractivity contribution in [2.75, 3.05) is 36.4 Å². The fourth-order valence-electron chi connectivity index (χ4n) is 2.53. The third-order valence-corrected chi connectivity index (χ3v) is 4.21. The molecule has 0 saturated carbocycles. The predicted octanol–water partition coefficient (Wildman–Crippen LogP) is 2.28. The SMILES string of the molecule is CCC(C)NC(=O)Nc1ccc(N2CCN(C(C)=O)CC2)cc1. The van der Waals surface area contributed by atoms with Crippen molar-refractivity contribution in [1.29, 1.82) is 0 Å². The van der Waals surface area contributed by atoms with E-state index in [9.17, 15) is 9.59 Å². The molecular weight excluding hydrogens is 292 g/mol. The molecule has 126 valence electrons. The molecule has 1 aliphatic rings. The van der Waals surface area contributed by atoms with Crippen LogP contribution in [-0.4, -0.2) is 49.1 Å². The number of piperazine rings is 1. The average Bonchev–Trinajstić information content (AvgIpc) is 2.55. The minimum atomic E-state index is -0.179. The van der Waals surface area contributed by atoms with Gasteiger partial charge in [-0.2, -0.15) is 0 Å². The minimum Gasteiger partial charge on any atom is -0.368 e. The zero-order valence-electron chi connectivity index (χ0n) is 14.1. The third kappa shape index (κ3) is 4.87. The Morgan fingerprint density at radius 2 is 1.74 bits per heavy atom. The lowest BCUT2D eigenvalue weighted by atomic mass is 10.2. The van der Waals surface area contributed by atoms with E-state index in [0.717, 1.165) is 44.0 Å². The summed E-state index contributed by atoms with van der Waals surface area (Å²) >= 11 is 0. The van der Waals surface area contributed by atoms with Gasteiger partial charge in [-0.15, -0.1) is 0 Å². The number of amides is 3. The summed E-state index contributed by atoms with van der Waals surface area (Å²) in [6.07, 6.45) is 0.901. The lowest BCUT2D eigenvalue weighted by molar-refractivity contribution is -0.129. The van der Waals surface area contributed by atoms with Gasteiger partial charge in [0.2, 0.25) is 5.91 Å². The number of hydrogen-bond donors (Lipinski definition) is 2. The first-order valence-corrected chi connectivity index (χ1v) is 8.17. The Hall–Kier alpha value is -2.24. The van der Waals surface area contributed by atoms with Crippen molar-refractivity contribution in [3.63, 3.8) is 0 Å². The summed E-state index contributed by atoms with van der Waals surface area (Å²) in [6, 6.07) is 7.80. The molecule has 1 aromatic rings. The van der Waals surface area contributed by atoms with Crippen molar-refractivity contribution in [3.05, 3.63) is 24.3 Å². The van der Waals surface area contributed by atoms with E-state index in [1.165, 1.54) is 0 Å². The molecule has 1 atom stereocenters. The van der Waals surface area contributed by atoms with Crippen molar-refractivity contribution < 1.29 is 9.59 Å². The standard InChI is InChI=1S/C17H26N4O2/c1-4-13(2)18-17(23)19-15-5-7-16(8-6-15)21-11-9-20(10-12-21)14(3)22/h5-8,13H,4,9-12H2,1-3H3,(H2,18,19,23). The van der Waals surface area contributed by atoms with Gasteiger partial charge >= 0.3 is 6.03 Å². The first-order chi connectivity index (χ1) is 11.0. The highest BCUT2D eigenvalue weighted by molar-refractivity contribution is 5.89. The highest BCUT2D eigenvalue weighted by Crippen LogP contribution is 2.19. The Morgan fingerprint density at radius 1 is 1.13 bits per heavy atom. The minimum absolute atomic E-state index is 0.136. The fourth-order valence-corrected chi connectivity index (χ4v) is 2.53. The van der Waals surface area contributed by atoms with E-state index in [4.69, 9.17) is 0 Å². The molecule has 0 aromatic heterocycles. The van der Waals surface area contributed by atoms with Gasteiger partial charge in [0.15, 0.2) is 0 Å². The summed E-state index contributed by atoms with van der Waals surface area (Å²) in [4.78, 5) is 27.3. The van der Waals surface area contributed by atoms with Crippen molar-refractivity contribution in [2.24, 2.45) is 0 Å². The normalized spacial score (nSPS) is 16.0. The lowest BCUT2D eigenvalue weighted by Crippen LogP contribution is -2.48. The Bertz CT molecular complexity index is 536. The summed E-state index contributed by atoms with van der Waals surface area (Å²) in [5, 5.41) is 5.71. The molecule has 2 rings (SSSR count). The maximum atomic E-state index is 11.8. The van der Waals surface area contributed by atoms with Crippen molar-refractivity contribution >= 4 is 23.3 Å². The van der Waals surface area contributed by atoms with E-state index in [1.807, 2.05) is 43.0 Å². The van der Waals surface area contributed by atoms with Crippen LogP contribution in [0.4, 0.5) is 16.2 Å². The van der Waals surface area contributed by atoms with E-state index in [0.29, 0.717) is 0 Å². The molecule has 1 saturated heterocycles. The second-order valence-corrected chi connectivity index (χ2v) is 5.95. The van der Waals surface area contributed by atoms with Gasteiger partial charge in [0.1, 0.15) is 0 Å². The van der Waals surface area contributed by atoms with Gasteiger partial charge in [-0.3, -0.25) is 4.79 Å². The second kappa shape index (κ2) is 7.85. The highest BCUT2D eigenvalue weighted by atomic mass is 16.2. The monoisotopic (exact) mass is 318 g/mol. The lowest BCUT2D eigenvalue weighted by Gasteiger charge is -2.35. The maximum absolute atomic E-state index is 11.8. The zero-order chi connectivity index (χ0) is 16.8. The molecule has 23 heavy (non-hydrogen) atoms. The molecule has 1 unspecified atom stereocenters. The van der Waals surface area contributed by atoms with Crippen LogP contribution in [0.15, 0.2) is 24.3 Å². The van der Waals surface area contributed by atoms with Crippen LogP contribution >= 0.6 is 0 Å². The molecule has 3 amide bonds. The number of rotatable bonds is 4. The third-order valence-electron chi connectivity index (χ3n) is 4.21. The summed E-state index contributed by atoms with van der Waals surface area (Å²) in [6.45, 7) is 8.80. The van der Waals surface area contributed by atoms with E-state index in [2.05, 4.69) is 15.5 Å². The maximum Gasteiger partial charge on any atom is 0.319 e. The van der Waals surface area contributed by atoms with Crippen molar-refractivity contribution in [3.8, 4) is 0 Å². The summed E-state index contributed by atoms with van der Waals surface area (Å²) < 4.78 is 0. The quantitative estimate of drug-likeness (QED) is 0.895. The molecule has 0 radical (unpaired) electrons. The van der Waals surface area contributed by atoms with E-state index < -0.39 is 0 Å². The van der Waals surface area contributed by atoms with Crippen LogP contribution in [0.3, 0.4) is 0 Å². The largest absolute Gasteiger partial charge is 0.368 e. The molecule has 1 heterocycles. The predicted molar refractivity (Wildman–Crippen MR) is 92.8 cm³/mol. The molecule has 0 aliphatic carbocycles. The molecule has 6 nitrogen and oxygen atoms in total. The smallest absolute Gasteiger partial charge is 0.319 e. The molecule has 6 heteroatoms. The van der Waals surface area contributed by atoms with Gasteiger partial charge in [-0.1, -0.05) is 6.92 Å². The molecule has 1 fully saturated rings. The van der Waals surface area contributed by atoms with Crippen LogP contribution in [0, 0.1) is 0 Å².